The van der Waals surface area contributed by atoms with Gasteiger partial charge in [-0.2, -0.15) is 0 Å². The molecule has 1 amide bonds. The summed E-state index contributed by atoms with van der Waals surface area (Å²) < 4.78 is 1.52. The summed E-state index contributed by atoms with van der Waals surface area (Å²) in [6.07, 6.45) is 1.67. The van der Waals surface area contributed by atoms with Crippen molar-refractivity contribution in [3.05, 3.63) is 24.2 Å². The lowest BCUT2D eigenvalue weighted by Crippen LogP contribution is -2.22. The molecule has 0 spiro atoms. The van der Waals surface area contributed by atoms with Gasteiger partial charge in [-0.05, 0) is 6.07 Å². The van der Waals surface area contributed by atoms with Gasteiger partial charge in [0.25, 0.3) is 5.91 Å². The molecule has 0 unspecified atom stereocenters. The Labute approximate surface area is 86.3 Å². The Morgan fingerprint density at radius 3 is 2.93 bits per heavy atom. The summed E-state index contributed by atoms with van der Waals surface area (Å²) in [7, 11) is 3.31. The average molecular weight is 205 g/mol. The molecule has 15 heavy (non-hydrogen) atoms. The summed E-state index contributed by atoms with van der Waals surface area (Å²) in [6, 6.07) is 3.37. The van der Waals surface area contributed by atoms with Gasteiger partial charge in [0.05, 0.1) is 0 Å². The molecule has 0 radical (unpaired) electrons. The molecule has 0 aliphatic rings. The summed E-state index contributed by atoms with van der Waals surface area (Å²) >= 11 is 0. The standard InChI is InChI=1S/C9H11N5O/c1-13(2)9(15)8-11-7-5-6(10)3-4-14(7)12-8/h3-5H,10H2,1-2H3. The number of pyridine rings is 1. The van der Waals surface area contributed by atoms with E-state index in [4.69, 9.17) is 5.73 Å². The van der Waals surface area contributed by atoms with Crippen LogP contribution in [0, 0.1) is 0 Å². The summed E-state index contributed by atoms with van der Waals surface area (Å²) in [6.45, 7) is 0. The number of nitrogens with zero attached hydrogens (tertiary/aromatic N) is 4. The SMILES string of the molecule is CN(C)C(=O)c1nc2cc(N)ccn2n1. The maximum atomic E-state index is 11.6. The van der Waals surface area contributed by atoms with Crippen LogP contribution in [0.1, 0.15) is 10.6 Å². The molecule has 2 rings (SSSR count). The maximum Gasteiger partial charge on any atom is 0.293 e. The Morgan fingerprint density at radius 1 is 1.53 bits per heavy atom. The Hall–Kier alpha value is -2.11. The molecule has 0 atom stereocenters. The van der Waals surface area contributed by atoms with Crippen molar-refractivity contribution in [2.75, 3.05) is 19.8 Å². The van der Waals surface area contributed by atoms with Crippen molar-refractivity contribution >= 4 is 17.2 Å². The van der Waals surface area contributed by atoms with Crippen molar-refractivity contribution < 1.29 is 4.79 Å². The molecular weight excluding hydrogens is 194 g/mol. The van der Waals surface area contributed by atoms with Crippen LogP contribution in [0.5, 0.6) is 0 Å². The van der Waals surface area contributed by atoms with Gasteiger partial charge in [-0.15, -0.1) is 5.10 Å². The molecule has 0 bridgehead atoms. The van der Waals surface area contributed by atoms with E-state index in [-0.39, 0.29) is 11.7 Å². The molecule has 0 saturated heterocycles. The predicted octanol–water partition coefficient (Wildman–Crippen LogP) is 0.0133. The second-order valence-corrected chi connectivity index (χ2v) is 3.40. The largest absolute Gasteiger partial charge is 0.399 e. The van der Waals surface area contributed by atoms with E-state index in [9.17, 15) is 4.79 Å². The van der Waals surface area contributed by atoms with Gasteiger partial charge in [0.1, 0.15) is 0 Å². The fourth-order valence-corrected chi connectivity index (χ4v) is 1.19. The van der Waals surface area contributed by atoms with Crippen molar-refractivity contribution in [2.24, 2.45) is 0 Å². The van der Waals surface area contributed by atoms with E-state index in [2.05, 4.69) is 10.1 Å². The van der Waals surface area contributed by atoms with Gasteiger partial charge in [-0.1, -0.05) is 0 Å². The number of nitrogens with two attached hydrogens (primary N) is 1. The fourth-order valence-electron chi connectivity index (χ4n) is 1.19. The van der Waals surface area contributed by atoms with Crippen molar-refractivity contribution in [1.82, 2.24) is 19.5 Å². The molecule has 2 N–H and O–H groups in total. The average Bonchev–Trinajstić information content (AvgIpc) is 2.58. The van der Waals surface area contributed by atoms with Gasteiger partial charge >= 0.3 is 0 Å². The number of carbonyl (C=O) groups excluding carboxylic acids is 1. The molecular formula is C9H11N5O. The number of hydrogen-bond donors (Lipinski definition) is 1. The van der Waals surface area contributed by atoms with Gasteiger partial charge in [-0.3, -0.25) is 4.79 Å². The minimum Gasteiger partial charge on any atom is -0.399 e. The highest BCUT2D eigenvalue weighted by Gasteiger charge is 2.14. The van der Waals surface area contributed by atoms with E-state index < -0.39 is 0 Å². The van der Waals surface area contributed by atoms with Crippen LogP contribution in [0.15, 0.2) is 18.3 Å². The molecule has 78 valence electrons. The predicted molar refractivity (Wildman–Crippen MR) is 55.4 cm³/mol. The highest BCUT2D eigenvalue weighted by Crippen LogP contribution is 2.07. The second-order valence-electron chi connectivity index (χ2n) is 3.40. The zero-order valence-electron chi connectivity index (χ0n) is 8.51. The van der Waals surface area contributed by atoms with Crippen LogP contribution >= 0.6 is 0 Å². The van der Waals surface area contributed by atoms with E-state index in [1.54, 1.807) is 32.4 Å². The Balaban J connectivity index is 2.52. The maximum absolute atomic E-state index is 11.6. The van der Waals surface area contributed by atoms with Crippen molar-refractivity contribution in [3.8, 4) is 0 Å². The lowest BCUT2D eigenvalue weighted by molar-refractivity contribution is 0.0816. The van der Waals surface area contributed by atoms with Crippen LogP contribution in [0.25, 0.3) is 5.65 Å². The summed E-state index contributed by atoms with van der Waals surface area (Å²) in [5.41, 5.74) is 6.76. The quantitative estimate of drug-likeness (QED) is 0.711. The molecule has 0 saturated carbocycles. The van der Waals surface area contributed by atoms with E-state index in [0.717, 1.165) is 0 Å². The number of rotatable bonds is 1. The van der Waals surface area contributed by atoms with Crippen molar-refractivity contribution in [2.45, 2.75) is 0 Å². The Bertz CT molecular complexity index is 516. The first kappa shape index (κ1) is 9.45. The van der Waals surface area contributed by atoms with Gasteiger partial charge in [-0.25, -0.2) is 9.50 Å². The number of fused-ring (bicyclic) bond motifs is 1. The number of carbonyl (C=O) groups is 1. The van der Waals surface area contributed by atoms with Crippen LogP contribution < -0.4 is 5.73 Å². The van der Waals surface area contributed by atoms with Crippen LogP contribution in [0.2, 0.25) is 0 Å². The first-order valence-corrected chi connectivity index (χ1v) is 4.41. The Kier molecular flexibility index (Phi) is 2.03. The minimum atomic E-state index is -0.225. The highest BCUT2D eigenvalue weighted by molar-refractivity contribution is 5.90. The third kappa shape index (κ3) is 1.61. The zero-order valence-corrected chi connectivity index (χ0v) is 8.51. The fraction of sp³-hybridized carbons (Fsp3) is 0.222. The van der Waals surface area contributed by atoms with Gasteiger partial charge in [0.2, 0.25) is 5.82 Å². The summed E-state index contributed by atoms with van der Waals surface area (Å²) in [4.78, 5) is 17.1. The van der Waals surface area contributed by atoms with Crippen LogP contribution in [-0.4, -0.2) is 39.5 Å². The molecule has 0 fully saturated rings. The van der Waals surface area contributed by atoms with E-state index in [1.807, 2.05) is 0 Å². The number of anilines is 1. The zero-order chi connectivity index (χ0) is 11.0. The molecule has 0 aromatic carbocycles. The molecule has 0 aliphatic heterocycles. The molecule has 2 heterocycles. The number of amides is 1. The molecule has 2 aromatic rings. The topological polar surface area (TPSA) is 76.5 Å². The van der Waals surface area contributed by atoms with Gasteiger partial charge in [0, 0.05) is 32.0 Å². The first-order valence-electron chi connectivity index (χ1n) is 4.41. The highest BCUT2D eigenvalue weighted by atomic mass is 16.2. The van der Waals surface area contributed by atoms with Crippen LogP contribution in [0.3, 0.4) is 0 Å². The van der Waals surface area contributed by atoms with E-state index in [0.29, 0.717) is 11.3 Å². The van der Waals surface area contributed by atoms with Gasteiger partial charge < -0.3 is 10.6 Å². The lowest BCUT2D eigenvalue weighted by Gasteiger charge is -2.04. The van der Waals surface area contributed by atoms with Crippen molar-refractivity contribution in [1.29, 1.82) is 0 Å². The number of aromatic nitrogens is 3. The van der Waals surface area contributed by atoms with Crippen LogP contribution in [0.4, 0.5) is 5.69 Å². The van der Waals surface area contributed by atoms with Gasteiger partial charge in [0.15, 0.2) is 5.65 Å². The first-order chi connectivity index (χ1) is 7.08. The number of nitrogen functional groups attached to an aromatic ring is 1. The molecule has 0 aliphatic carbocycles. The molecule has 6 heteroatoms. The number of hydrogen-bond acceptors (Lipinski definition) is 4. The summed E-state index contributed by atoms with van der Waals surface area (Å²) in [5.74, 6) is -0.0529. The third-order valence-corrected chi connectivity index (χ3v) is 1.96. The van der Waals surface area contributed by atoms with Crippen molar-refractivity contribution in [3.63, 3.8) is 0 Å². The second kappa shape index (κ2) is 3.23. The minimum absolute atomic E-state index is 0.172. The Morgan fingerprint density at radius 2 is 2.27 bits per heavy atom. The molecule has 6 nitrogen and oxygen atoms in total. The smallest absolute Gasteiger partial charge is 0.293 e. The monoisotopic (exact) mass is 205 g/mol. The van der Waals surface area contributed by atoms with E-state index in [1.165, 1.54) is 9.42 Å². The summed E-state index contributed by atoms with van der Waals surface area (Å²) in [5, 5.41) is 4.03. The third-order valence-electron chi connectivity index (χ3n) is 1.96. The normalized spacial score (nSPS) is 10.5. The lowest BCUT2D eigenvalue weighted by atomic mass is 10.4. The molecule has 2 aromatic heterocycles. The van der Waals surface area contributed by atoms with E-state index >= 15 is 0 Å². The van der Waals surface area contributed by atoms with Crippen LogP contribution in [-0.2, 0) is 0 Å².